The van der Waals surface area contributed by atoms with Gasteiger partial charge in [0, 0.05) is 11.5 Å². The SMILES string of the molecule is [CH2]C(C=C)c1cccc(Cl)c1OCC. The molecule has 0 saturated heterocycles. The fourth-order valence-electron chi connectivity index (χ4n) is 1.24. The minimum Gasteiger partial charge on any atom is -0.492 e. The van der Waals surface area contributed by atoms with Gasteiger partial charge in [-0.1, -0.05) is 29.8 Å². The highest BCUT2D eigenvalue weighted by molar-refractivity contribution is 6.32. The van der Waals surface area contributed by atoms with Crippen LogP contribution in [0.4, 0.5) is 0 Å². The minimum absolute atomic E-state index is 0.00949. The second-order valence-corrected chi connectivity index (χ2v) is 3.34. The number of halogens is 1. The standard InChI is InChI=1S/C12H14ClO/c1-4-9(3)10-7-6-8-11(13)12(10)14-5-2/h4,6-9H,1,3,5H2,2H3. The van der Waals surface area contributed by atoms with E-state index in [0.29, 0.717) is 11.6 Å². The number of allylic oxidation sites excluding steroid dienone is 1. The highest BCUT2D eigenvalue weighted by Gasteiger charge is 2.11. The lowest BCUT2D eigenvalue weighted by Crippen LogP contribution is -1.99. The van der Waals surface area contributed by atoms with Crippen molar-refractivity contribution >= 4 is 11.6 Å². The normalized spacial score (nSPS) is 12.2. The Bertz CT molecular complexity index is 320. The van der Waals surface area contributed by atoms with Gasteiger partial charge in [0.05, 0.1) is 11.6 Å². The molecule has 0 spiro atoms. The third kappa shape index (κ3) is 2.30. The van der Waals surface area contributed by atoms with Crippen molar-refractivity contribution in [3.05, 3.63) is 48.4 Å². The molecule has 0 heterocycles. The summed E-state index contributed by atoms with van der Waals surface area (Å²) in [6.45, 7) is 10.2. The van der Waals surface area contributed by atoms with E-state index in [4.69, 9.17) is 16.3 Å². The average molecular weight is 210 g/mol. The number of hydrogen-bond acceptors (Lipinski definition) is 1. The Kier molecular flexibility index (Phi) is 4.02. The van der Waals surface area contributed by atoms with Crippen molar-refractivity contribution in [2.75, 3.05) is 6.61 Å². The summed E-state index contributed by atoms with van der Waals surface area (Å²) in [6, 6.07) is 5.66. The van der Waals surface area contributed by atoms with Gasteiger partial charge in [0.1, 0.15) is 5.75 Å². The number of benzene rings is 1. The van der Waals surface area contributed by atoms with E-state index in [9.17, 15) is 0 Å². The van der Waals surface area contributed by atoms with Crippen molar-refractivity contribution in [1.82, 2.24) is 0 Å². The third-order valence-corrected chi connectivity index (χ3v) is 2.27. The van der Waals surface area contributed by atoms with E-state index in [0.717, 1.165) is 11.3 Å². The zero-order valence-corrected chi connectivity index (χ0v) is 9.05. The lowest BCUT2D eigenvalue weighted by Gasteiger charge is -2.14. The van der Waals surface area contributed by atoms with Crippen molar-refractivity contribution in [3.8, 4) is 5.75 Å². The van der Waals surface area contributed by atoms with Gasteiger partial charge >= 0.3 is 0 Å². The lowest BCUT2D eigenvalue weighted by atomic mass is 10.0. The Balaban J connectivity index is 3.13. The van der Waals surface area contributed by atoms with Crippen molar-refractivity contribution in [2.45, 2.75) is 12.8 Å². The van der Waals surface area contributed by atoms with Gasteiger partial charge in [0.15, 0.2) is 0 Å². The zero-order chi connectivity index (χ0) is 10.6. The average Bonchev–Trinajstić information content (AvgIpc) is 2.20. The van der Waals surface area contributed by atoms with Crippen LogP contribution < -0.4 is 4.74 Å². The van der Waals surface area contributed by atoms with Crippen LogP contribution in [-0.4, -0.2) is 6.61 Å². The first-order chi connectivity index (χ1) is 6.70. The maximum Gasteiger partial charge on any atom is 0.141 e. The van der Waals surface area contributed by atoms with E-state index < -0.39 is 0 Å². The van der Waals surface area contributed by atoms with Crippen LogP contribution in [0.3, 0.4) is 0 Å². The molecule has 2 heteroatoms. The van der Waals surface area contributed by atoms with Crippen molar-refractivity contribution in [2.24, 2.45) is 0 Å². The zero-order valence-electron chi connectivity index (χ0n) is 8.29. The molecule has 0 aliphatic carbocycles. The molecule has 1 unspecified atom stereocenters. The van der Waals surface area contributed by atoms with E-state index in [-0.39, 0.29) is 5.92 Å². The third-order valence-electron chi connectivity index (χ3n) is 1.97. The van der Waals surface area contributed by atoms with E-state index in [1.165, 1.54) is 0 Å². The van der Waals surface area contributed by atoms with Gasteiger partial charge in [-0.2, -0.15) is 0 Å². The first-order valence-electron chi connectivity index (χ1n) is 4.57. The fourth-order valence-corrected chi connectivity index (χ4v) is 1.48. The molecule has 0 N–H and O–H groups in total. The Labute approximate surface area is 90.3 Å². The summed E-state index contributed by atoms with van der Waals surface area (Å²) in [7, 11) is 0. The summed E-state index contributed by atoms with van der Waals surface area (Å²) in [5.74, 6) is 0.729. The Morgan fingerprint density at radius 2 is 2.29 bits per heavy atom. The summed E-state index contributed by atoms with van der Waals surface area (Å²) < 4.78 is 5.47. The molecule has 0 aliphatic heterocycles. The number of para-hydroxylation sites is 1. The maximum absolute atomic E-state index is 6.02. The highest BCUT2D eigenvalue weighted by atomic mass is 35.5. The summed E-state index contributed by atoms with van der Waals surface area (Å²) >= 11 is 6.02. The molecule has 0 bridgehead atoms. The van der Waals surface area contributed by atoms with E-state index in [1.54, 1.807) is 6.08 Å². The number of rotatable bonds is 4. The molecule has 0 amide bonds. The van der Waals surface area contributed by atoms with Crippen LogP contribution in [-0.2, 0) is 0 Å². The Morgan fingerprint density at radius 3 is 2.86 bits per heavy atom. The molecule has 1 radical (unpaired) electrons. The lowest BCUT2D eigenvalue weighted by molar-refractivity contribution is 0.336. The summed E-state index contributed by atoms with van der Waals surface area (Å²) in [5, 5.41) is 0.625. The van der Waals surface area contributed by atoms with Gasteiger partial charge < -0.3 is 4.74 Å². The fraction of sp³-hybridized carbons (Fsp3) is 0.250. The molecule has 0 aliphatic rings. The highest BCUT2D eigenvalue weighted by Crippen LogP contribution is 2.33. The van der Waals surface area contributed by atoms with E-state index >= 15 is 0 Å². The molecule has 1 atom stereocenters. The molecule has 14 heavy (non-hydrogen) atoms. The van der Waals surface area contributed by atoms with Gasteiger partial charge in [-0.3, -0.25) is 0 Å². The molecular weight excluding hydrogens is 196 g/mol. The largest absolute Gasteiger partial charge is 0.492 e. The Morgan fingerprint density at radius 1 is 1.57 bits per heavy atom. The van der Waals surface area contributed by atoms with Gasteiger partial charge in [0.25, 0.3) is 0 Å². The van der Waals surface area contributed by atoms with Gasteiger partial charge in [-0.25, -0.2) is 0 Å². The smallest absolute Gasteiger partial charge is 0.141 e. The number of hydrogen-bond donors (Lipinski definition) is 0. The van der Waals surface area contributed by atoms with Gasteiger partial charge in [-0.15, -0.1) is 6.58 Å². The van der Waals surface area contributed by atoms with Crippen LogP contribution in [0, 0.1) is 6.92 Å². The van der Waals surface area contributed by atoms with Crippen LogP contribution in [0.15, 0.2) is 30.9 Å². The van der Waals surface area contributed by atoms with Crippen LogP contribution in [0.5, 0.6) is 5.75 Å². The molecule has 75 valence electrons. The molecular formula is C12H14ClO. The molecule has 1 aromatic rings. The van der Waals surface area contributed by atoms with Gasteiger partial charge in [0.2, 0.25) is 0 Å². The van der Waals surface area contributed by atoms with Crippen LogP contribution >= 0.6 is 11.6 Å². The van der Waals surface area contributed by atoms with Crippen molar-refractivity contribution in [1.29, 1.82) is 0 Å². The van der Waals surface area contributed by atoms with Crippen LogP contribution in [0.2, 0.25) is 5.02 Å². The molecule has 0 aromatic heterocycles. The maximum atomic E-state index is 6.02. The minimum atomic E-state index is 0.00949. The van der Waals surface area contributed by atoms with Gasteiger partial charge in [-0.05, 0) is 19.9 Å². The van der Waals surface area contributed by atoms with Crippen molar-refractivity contribution in [3.63, 3.8) is 0 Å². The topological polar surface area (TPSA) is 9.23 Å². The second kappa shape index (κ2) is 5.06. The second-order valence-electron chi connectivity index (χ2n) is 2.93. The molecule has 1 rings (SSSR count). The molecule has 1 aromatic carbocycles. The summed E-state index contributed by atoms with van der Waals surface area (Å²) in [6.07, 6.45) is 1.77. The predicted molar refractivity (Wildman–Crippen MR) is 60.9 cm³/mol. The number of ether oxygens (including phenoxy) is 1. The molecule has 1 nitrogen and oxygen atoms in total. The monoisotopic (exact) mass is 209 g/mol. The van der Waals surface area contributed by atoms with E-state index in [1.807, 2.05) is 25.1 Å². The summed E-state index contributed by atoms with van der Waals surface area (Å²) in [4.78, 5) is 0. The first-order valence-corrected chi connectivity index (χ1v) is 4.95. The first kappa shape index (κ1) is 11.1. The van der Waals surface area contributed by atoms with Crippen LogP contribution in [0.1, 0.15) is 18.4 Å². The van der Waals surface area contributed by atoms with Crippen molar-refractivity contribution < 1.29 is 4.74 Å². The van der Waals surface area contributed by atoms with Crippen LogP contribution in [0.25, 0.3) is 0 Å². The Hall–Kier alpha value is -0.950. The molecule has 0 saturated carbocycles. The quantitative estimate of drug-likeness (QED) is 0.685. The predicted octanol–water partition coefficient (Wildman–Crippen LogP) is 3.84. The molecule has 0 fully saturated rings. The summed E-state index contributed by atoms with van der Waals surface area (Å²) in [5.41, 5.74) is 0.981. The van der Waals surface area contributed by atoms with E-state index in [2.05, 4.69) is 13.5 Å².